The molecule has 9 nitrogen and oxygen atoms in total. The first-order valence-electron chi connectivity index (χ1n) is 11.2. The second-order valence-corrected chi connectivity index (χ2v) is 8.45. The third kappa shape index (κ3) is 4.62. The lowest BCUT2D eigenvalue weighted by atomic mass is 9.96. The van der Waals surface area contributed by atoms with Gasteiger partial charge in [-0.2, -0.15) is 5.10 Å². The van der Waals surface area contributed by atoms with Gasteiger partial charge in [0.25, 0.3) is 0 Å². The van der Waals surface area contributed by atoms with E-state index in [1.54, 1.807) is 17.3 Å². The van der Waals surface area contributed by atoms with Crippen LogP contribution in [0.2, 0.25) is 0 Å². The molecule has 0 radical (unpaired) electrons. The van der Waals surface area contributed by atoms with E-state index in [-0.39, 0.29) is 11.8 Å². The van der Waals surface area contributed by atoms with Crippen LogP contribution in [0.25, 0.3) is 5.82 Å². The van der Waals surface area contributed by atoms with E-state index in [2.05, 4.69) is 59.0 Å². The van der Waals surface area contributed by atoms with Crippen LogP contribution in [0.4, 0.5) is 5.82 Å². The summed E-state index contributed by atoms with van der Waals surface area (Å²) in [5, 5.41) is 4.14. The van der Waals surface area contributed by atoms with E-state index < -0.39 is 0 Å². The van der Waals surface area contributed by atoms with Crippen LogP contribution in [0.5, 0.6) is 0 Å². The highest BCUT2D eigenvalue weighted by Crippen LogP contribution is 2.24. The molecule has 2 aliphatic rings. The molecule has 0 saturated carbocycles. The van der Waals surface area contributed by atoms with Crippen LogP contribution >= 0.6 is 0 Å². The van der Waals surface area contributed by atoms with Crippen molar-refractivity contribution in [1.29, 1.82) is 0 Å². The monoisotopic (exact) mass is 432 g/mol. The van der Waals surface area contributed by atoms with Gasteiger partial charge in [-0.15, -0.1) is 0 Å². The number of benzene rings is 1. The molecule has 0 spiro atoms. The van der Waals surface area contributed by atoms with Gasteiger partial charge in [-0.25, -0.2) is 19.6 Å². The van der Waals surface area contributed by atoms with Crippen molar-refractivity contribution in [3.8, 4) is 5.82 Å². The van der Waals surface area contributed by atoms with Gasteiger partial charge in [0.2, 0.25) is 5.91 Å². The van der Waals surface area contributed by atoms with Crippen LogP contribution in [0.15, 0.2) is 55.4 Å². The van der Waals surface area contributed by atoms with Crippen LogP contribution in [0, 0.1) is 5.92 Å². The summed E-state index contributed by atoms with van der Waals surface area (Å²) in [6.45, 7) is 5.97. The van der Waals surface area contributed by atoms with Crippen molar-refractivity contribution in [2.75, 3.05) is 44.2 Å². The summed E-state index contributed by atoms with van der Waals surface area (Å²) >= 11 is 0. The van der Waals surface area contributed by atoms with E-state index in [9.17, 15) is 4.79 Å². The van der Waals surface area contributed by atoms with Crippen molar-refractivity contribution in [3.63, 3.8) is 0 Å². The topological polar surface area (TPSA) is 83.3 Å². The van der Waals surface area contributed by atoms with Crippen molar-refractivity contribution in [1.82, 2.24) is 34.5 Å². The van der Waals surface area contributed by atoms with Crippen LogP contribution in [0.1, 0.15) is 18.4 Å². The largest absolute Gasteiger partial charge is 0.356 e. The molecule has 32 heavy (non-hydrogen) atoms. The molecule has 4 heterocycles. The molecule has 2 saturated heterocycles. The summed E-state index contributed by atoms with van der Waals surface area (Å²) in [7, 11) is 0. The molecule has 1 amide bonds. The van der Waals surface area contributed by atoms with Crippen LogP contribution < -0.4 is 4.90 Å². The van der Waals surface area contributed by atoms with E-state index in [4.69, 9.17) is 0 Å². The average Bonchev–Trinajstić information content (AvgIpc) is 3.40. The van der Waals surface area contributed by atoms with Crippen LogP contribution in [0.3, 0.4) is 0 Å². The molecule has 3 aromatic rings. The van der Waals surface area contributed by atoms with Crippen molar-refractivity contribution < 1.29 is 4.79 Å². The summed E-state index contributed by atoms with van der Waals surface area (Å²) in [6, 6.07) is 12.4. The molecule has 2 aromatic heterocycles. The fourth-order valence-corrected chi connectivity index (χ4v) is 4.57. The summed E-state index contributed by atoms with van der Waals surface area (Å²) in [6.07, 6.45) is 6.56. The van der Waals surface area contributed by atoms with Gasteiger partial charge in [0, 0.05) is 51.9 Å². The predicted molar refractivity (Wildman–Crippen MR) is 120 cm³/mol. The van der Waals surface area contributed by atoms with Gasteiger partial charge in [-0.1, -0.05) is 30.3 Å². The van der Waals surface area contributed by atoms with Crippen molar-refractivity contribution in [2.45, 2.75) is 19.4 Å². The number of carbonyl (C=O) groups is 1. The quantitative estimate of drug-likeness (QED) is 0.606. The Hall–Kier alpha value is -3.33. The zero-order valence-corrected chi connectivity index (χ0v) is 18.1. The van der Waals surface area contributed by atoms with E-state index in [1.165, 1.54) is 11.9 Å². The third-order valence-electron chi connectivity index (χ3n) is 6.32. The van der Waals surface area contributed by atoms with Gasteiger partial charge in [0.15, 0.2) is 5.82 Å². The zero-order chi connectivity index (χ0) is 21.8. The maximum Gasteiger partial charge on any atom is 0.227 e. The number of aromatic nitrogens is 5. The highest BCUT2D eigenvalue weighted by molar-refractivity contribution is 5.80. The standard InChI is InChI=1S/C23H28N8O/c32-23(29-11-9-28(10-12-29)14-19-5-2-1-3-6-19)20-7-4-8-30(15-20)21-13-22(26-17-25-21)31-18-24-16-27-31/h1-3,5-6,13,16-18,20H,4,7-12,14-15H2. The molecule has 2 fully saturated rings. The second kappa shape index (κ2) is 9.44. The zero-order valence-electron chi connectivity index (χ0n) is 18.1. The number of anilines is 1. The lowest BCUT2D eigenvalue weighted by Crippen LogP contribution is -2.52. The highest BCUT2D eigenvalue weighted by atomic mass is 16.2. The Morgan fingerprint density at radius 3 is 2.56 bits per heavy atom. The average molecular weight is 433 g/mol. The first kappa shape index (κ1) is 20.6. The van der Waals surface area contributed by atoms with Gasteiger partial charge < -0.3 is 9.80 Å². The van der Waals surface area contributed by atoms with Gasteiger partial charge in [-0.05, 0) is 18.4 Å². The predicted octanol–water partition coefficient (Wildman–Crippen LogP) is 1.62. The summed E-state index contributed by atoms with van der Waals surface area (Å²) < 4.78 is 1.62. The van der Waals surface area contributed by atoms with Crippen molar-refractivity contribution in [2.24, 2.45) is 5.92 Å². The SMILES string of the molecule is O=C(C1CCCN(c2cc(-n3cncn3)ncn2)C1)N1CCN(Cc2ccccc2)CC1. The van der Waals surface area contributed by atoms with Gasteiger partial charge >= 0.3 is 0 Å². The molecule has 2 aliphatic heterocycles. The highest BCUT2D eigenvalue weighted by Gasteiger charge is 2.31. The lowest BCUT2D eigenvalue weighted by Gasteiger charge is -2.39. The number of carbonyl (C=O) groups excluding carboxylic acids is 1. The summed E-state index contributed by atoms with van der Waals surface area (Å²) in [4.78, 5) is 32.7. The Morgan fingerprint density at radius 2 is 1.78 bits per heavy atom. The minimum Gasteiger partial charge on any atom is -0.356 e. The molecule has 166 valence electrons. The molecule has 1 aromatic carbocycles. The number of rotatable bonds is 5. The molecule has 1 atom stereocenters. The number of hydrogen-bond donors (Lipinski definition) is 0. The second-order valence-electron chi connectivity index (χ2n) is 8.45. The maximum absolute atomic E-state index is 13.3. The fraction of sp³-hybridized carbons (Fsp3) is 0.435. The van der Waals surface area contributed by atoms with E-state index in [0.717, 1.165) is 57.9 Å². The van der Waals surface area contributed by atoms with Gasteiger partial charge in [0.05, 0.1) is 5.92 Å². The Morgan fingerprint density at radius 1 is 0.969 bits per heavy atom. The fourth-order valence-electron chi connectivity index (χ4n) is 4.57. The first-order chi connectivity index (χ1) is 15.8. The number of nitrogens with zero attached hydrogens (tertiary/aromatic N) is 8. The number of piperidine rings is 1. The lowest BCUT2D eigenvalue weighted by molar-refractivity contribution is -0.137. The molecule has 1 unspecified atom stereocenters. The minimum atomic E-state index is 0.00853. The summed E-state index contributed by atoms with van der Waals surface area (Å²) in [5.74, 6) is 1.79. The molecular formula is C23H28N8O. The summed E-state index contributed by atoms with van der Waals surface area (Å²) in [5.41, 5.74) is 1.32. The van der Waals surface area contributed by atoms with Gasteiger partial charge in [-0.3, -0.25) is 9.69 Å². The van der Waals surface area contributed by atoms with Crippen LogP contribution in [-0.4, -0.2) is 79.7 Å². The molecule has 5 rings (SSSR count). The molecule has 9 heteroatoms. The first-order valence-corrected chi connectivity index (χ1v) is 11.2. The van der Waals surface area contributed by atoms with Crippen molar-refractivity contribution in [3.05, 3.63) is 60.9 Å². The molecule has 0 bridgehead atoms. The van der Waals surface area contributed by atoms with E-state index >= 15 is 0 Å². The maximum atomic E-state index is 13.3. The van der Waals surface area contributed by atoms with Crippen LogP contribution in [-0.2, 0) is 11.3 Å². The number of piperazine rings is 1. The third-order valence-corrected chi connectivity index (χ3v) is 6.32. The van der Waals surface area contributed by atoms with E-state index in [0.29, 0.717) is 12.4 Å². The molecule has 0 aliphatic carbocycles. The number of amides is 1. The van der Waals surface area contributed by atoms with Crippen molar-refractivity contribution >= 4 is 11.7 Å². The Kier molecular flexibility index (Phi) is 6.06. The normalized spacial score (nSPS) is 19.8. The molecule has 0 N–H and O–H groups in total. The number of hydrogen-bond acceptors (Lipinski definition) is 7. The minimum absolute atomic E-state index is 0.00853. The molecular weight excluding hydrogens is 404 g/mol. The smallest absolute Gasteiger partial charge is 0.227 e. The Bertz CT molecular complexity index is 1020. The van der Waals surface area contributed by atoms with Gasteiger partial charge in [0.1, 0.15) is 24.8 Å². The van der Waals surface area contributed by atoms with E-state index in [1.807, 2.05) is 12.1 Å². The Labute approximate surface area is 187 Å². The Balaban J connectivity index is 1.18.